The second kappa shape index (κ2) is 8.73. The molecule has 4 heterocycles. The van der Waals surface area contributed by atoms with Crippen LogP contribution in [-0.2, 0) is 13.0 Å². The smallest absolute Gasteiger partial charge is 0.407 e. The van der Waals surface area contributed by atoms with Gasteiger partial charge < -0.3 is 25.0 Å². The third-order valence-corrected chi connectivity index (χ3v) is 7.38. The quantitative estimate of drug-likeness (QED) is 0.683. The van der Waals surface area contributed by atoms with E-state index in [4.69, 9.17) is 9.72 Å². The number of pyridine rings is 1. The topological polar surface area (TPSA) is 95.0 Å². The van der Waals surface area contributed by atoms with E-state index in [1.165, 1.54) is 5.56 Å². The first kappa shape index (κ1) is 23.5. The van der Waals surface area contributed by atoms with E-state index >= 15 is 0 Å². The summed E-state index contributed by atoms with van der Waals surface area (Å²) < 4.78 is 6.41. The number of aromatic nitrogens is 1. The largest absolute Gasteiger partial charge is 0.490 e. The Kier molecular flexibility index (Phi) is 5.85. The number of benzene rings is 1. The van der Waals surface area contributed by atoms with Crippen molar-refractivity contribution in [2.24, 2.45) is 5.41 Å². The molecular weight excluding hydrogens is 444 g/mol. The van der Waals surface area contributed by atoms with Crippen LogP contribution >= 0.6 is 0 Å². The number of hydrogen-bond donors (Lipinski definition) is 2. The van der Waals surface area contributed by atoms with Gasteiger partial charge in [0.05, 0.1) is 23.8 Å². The molecule has 0 aliphatic carbocycles. The van der Waals surface area contributed by atoms with Gasteiger partial charge in [0.2, 0.25) is 0 Å². The maximum absolute atomic E-state index is 11.9. The zero-order valence-electron chi connectivity index (χ0n) is 20.9. The zero-order chi connectivity index (χ0) is 24.9. The number of carbonyl (C=O) groups excluding carboxylic acids is 1. The molecule has 1 saturated heterocycles. The van der Waals surface area contributed by atoms with Gasteiger partial charge in [-0.15, -0.1) is 0 Å². The fraction of sp³-hybridized carbons (Fsp3) is 0.519. The molecule has 3 aliphatic rings. The molecule has 35 heavy (non-hydrogen) atoms. The SMILES string of the molecule is Cc1cc2c(nc1N1CCC(Oc3ccc4c(c3)C(C(C)(C)C)N(C(=O)O)CC4)CC1)CNC2=O. The van der Waals surface area contributed by atoms with Crippen LogP contribution in [0, 0.1) is 12.3 Å². The molecular formula is C27H34N4O4. The number of ether oxygens (including phenoxy) is 1. The molecule has 1 aromatic carbocycles. The number of rotatable bonds is 3. The number of carboxylic acid groups (broad SMARTS) is 1. The van der Waals surface area contributed by atoms with E-state index in [-0.39, 0.29) is 23.5 Å². The summed E-state index contributed by atoms with van der Waals surface area (Å²) in [6.45, 7) is 11.0. The molecule has 2 N–H and O–H groups in total. The predicted octanol–water partition coefficient (Wildman–Crippen LogP) is 4.30. The number of nitrogens with one attached hydrogen (secondary N) is 1. The van der Waals surface area contributed by atoms with Crippen molar-refractivity contribution in [1.82, 2.24) is 15.2 Å². The Bertz CT molecular complexity index is 1160. The summed E-state index contributed by atoms with van der Waals surface area (Å²) in [6, 6.07) is 7.93. The van der Waals surface area contributed by atoms with Gasteiger partial charge in [0.25, 0.3) is 5.91 Å². The van der Waals surface area contributed by atoms with Gasteiger partial charge in [0.1, 0.15) is 17.7 Å². The second-order valence-electron chi connectivity index (χ2n) is 11.0. The Morgan fingerprint density at radius 1 is 1.17 bits per heavy atom. The summed E-state index contributed by atoms with van der Waals surface area (Å²) in [4.78, 5) is 32.5. The van der Waals surface area contributed by atoms with Crippen molar-refractivity contribution in [3.8, 4) is 5.75 Å². The molecule has 1 fully saturated rings. The van der Waals surface area contributed by atoms with Crippen molar-refractivity contribution in [2.45, 2.75) is 65.6 Å². The molecule has 0 bridgehead atoms. The first-order chi connectivity index (χ1) is 16.6. The monoisotopic (exact) mass is 478 g/mol. The van der Waals surface area contributed by atoms with Crippen LogP contribution in [0.5, 0.6) is 5.75 Å². The summed E-state index contributed by atoms with van der Waals surface area (Å²) in [5.74, 6) is 1.72. The Labute approximate surface area is 206 Å². The van der Waals surface area contributed by atoms with E-state index in [0.29, 0.717) is 18.7 Å². The van der Waals surface area contributed by atoms with Crippen LogP contribution in [0.4, 0.5) is 10.6 Å². The minimum absolute atomic E-state index is 0.0421. The van der Waals surface area contributed by atoms with Crippen LogP contribution in [0.15, 0.2) is 24.3 Å². The normalized spacial score (nSPS) is 20.3. The summed E-state index contributed by atoms with van der Waals surface area (Å²) >= 11 is 0. The number of hydrogen-bond acceptors (Lipinski definition) is 5. The Morgan fingerprint density at radius 3 is 2.60 bits per heavy atom. The lowest BCUT2D eigenvalue weighted by Gasteiger charge is -2.43. The Hall–Kier alpha value is -3.29. The lowest BCUT2D eigenvalue weighted by atomic mass is 9.77. The number of carbonyl (C=O) groups is 2. The number of piperidine rings is 1. The van der Waals surface area contributed by atoms with Crippen LogP contribution in [0.25, 0.3) is 0 Å². The Balaban J connectivity index is 1.29. The summed E-state index contributed by atoms with van der Waals surface area (Å²) in [5, 5.41) is 12.6. The van der Waals surface area contributed by atoms with E-state index in [0.717, 1.165) is 60.7 Å². The van der Waals surface area contributed by atoms with Crippen LogP contribution in [0.3, 0.4) is 0 Å². The van der Waals surface area contributed by atoms with Gasteiger partial charge in [0.15, 0.2) is 0 Å². The van der Waals surface area contributed by atoms with E-state index in [9.17, 15) is 14.7 Å². The highest BCUT2D eigenvalue weighted by Gasteiger charge is 2.39. The Morgan fingerprint density at radius 2 is 1.91 bits per heavy atom. The third kappa shape index (κ3) is 4.42. The van der Waals surface area contributed by atoms with Crippen molar-refractivity contribution in [1.29, 1.82) is 0 Å². The number of anilines is 1. The molecule has 0 saturated carbocycles. The van der Waals surface area contributed by atoms with E-state index in [1.807, 2.05) is 19.1 Å². The maximum Gasteiger partial charge on any atom is 0.407 e. The minimum Gasteiger partial charge on any atom is -0.490 e. The molecule has 3 aliphatic heterocycles. The first-order valence-electron chi connectivity index (χ1n) is 12.4. The second-order valence-corrected chi connectivity index (χ2v) is 11.0. The highest BCUT2D eigenvalue weighted by Crippen LogP contribution is 2.43. The van der Waals surface area contributed by atoms with Crippen LogP contribution in [0.1, 0.15) is 72.4 Å². The average molecular weight is 479 g/mol. The van der Waals surface area contributed by atoms with E-state index < -0.39 is 6.09 Å². The molecule has 1 unspecified atom stereocenters. The fourth-order valence-corrected chi connectivity index (χ4v) is 5.74. The maximum atomic E-state index is 11.9. The van der Waals surface area contributed by atoms with Crippen molar-refractivity contribution in [3.63, 3.8) is 0 Å². The zero-order valence-corrected chi connectivity index (χ0v) is 20.9. The molecule has 0 spiro atoms. The molecule has 1 atom stereocenters. The summed E-state index contributed by atoms with van der Waals surface area (Å²) in [5.41, 5.74) is 4.57. The minimum atomic E-state index is -0.870. The van der Waals surface area contributed by atoms with Gasteiger partial charge in [-0.05, 0) is 53.6 Å². The van der Waals surface area contributed by atoms with E-state index in [2.05, 4.69) is 43.1 Å². The third-order valence-electron chi connectivity index (χ3n) is 7.38. The molecule has 8 nitrogen and oxygen atoms in total. The van der Waals surface area contributed by atoms with Crippen LogP contribution in [0.2, 0.25) is 0 Å². The van der Waals surface area contributed by atoms with E-state index in [1.54, 1.807) is 4.90 Å². The molecule has 2 amide bonds. The van der Waals surface area contributed by atoms with Crippen molar-refractivity contribution in [2.75, 3.05) is 24.5 Å². The molecule has 5 rings (SSSR count). The average Bonchev–Trinajstić information content (AvgIpc) is 3.17. The van der Waals surface area contributed by atoms with Crippen LogP contribution in [-0.4, -0.2) is 52.7 Å². The van der Waals surface area contributed by atoms with Gasteiger partial charge in [0, 0.05) is 32.5 Å². The predicted molar refractivity (Wildman–Crippen MR) is 133 cm³/mol. The van der Waals surface area contributed by atoms with Crippen molar-refractivity contribution >= 4 is 17.8 Å². The van der Waals surface area contributed by atoms with Gasteiger partial charge in [-0.3, -0.25) is 4.79 Å². The van der Waals surface area contributed by atoms with Crippen molar-refractivity contribution in [3.05, 3.63) is 52.2 Å². The number of amides is 2. The number of aryl methyl sites for hydroxylation is 1. The fourth-order valence-electron chi connectivity index (χ4n) is 5.74. The van der Waals surface area contributed by atoms with Crippen molar-refractivity contribution < 1.29 is 19.4 Å². The first-order valence-corrected chi connectivity index (χ1v) is 12.4. The van der Waals surface area contributed by atoms with Gasteiger partial charge in [-0.25, -0.2) is 9.78 Å². The lowest BCUT2D eigenvalue weighted by molar-refractivity contribution is 0.0755. The van der Waals surface area contributed by atoms with Crippen LogP contribution < -0.4 is 15.0 Å². The lowest BCUT2D eigenvalue weighted by Crippen LogP contribution is -2.44. The molecule has 1 aromatic heterocycles. The molecule has 186 valence electrons. The standard InChI is InChI=1S/C27H34N4O4/c1-16-13-21-22(15-28-25(21)32)29-24(16)30-10-8-18(9-11-30)35-19-6-5-17-7-12-31(26(33)34)23(20(17)14-19)27(2,3)4/h5-6,13-14,18,23H,7-12,15H2,1-4H3,(H,28,32)(H,33,34). The highest BCUT2D eigenvalue weighted by atomic mass is 16.5. The molecule has 2 aromatic rings. The van der Waals surface area contributed by atoms with Gasteiger partial charge in [-0.1, -0.05) is 26.8 Å². The number of nitrogens with zero attached hydrogens (tertiary/aromatic N) is 3. The van der Waals surface area contributed by atoms with Gasteiger partial charge in [-0.2, -0.15) is 0 Å². The van der Waals surface area contributed by atoms with Gasteiger partial charge >= 0.3 is 6.09 Å². The summed E-state index contributed by atoms with van der Waals surface area (Å²) in [7, 11) is 0. The number of fused-ring (bicyclic) bond motifs is 2. The summed E-state index contributed by atoms with van der Waals surface area (Å²) in [6.07, 6.45) is 1.69. The highest BCUT2D eigenvalue weighted by molar-refractivity contribution is 5.98. The molecule has 8 heteroatoms. The molecule has 0 radical (unpaired) electrons.